The normalized spacial score (nSPS) is 11.2. The summed E-state index contributed by atoms with van der Waals surface area (Å²) in [5, 5.41) is 3.49. The molecule has 0 amide bonds. The van der Waals surface area contributed by atoms with Gasteiger partial charge in [0.1, 0.15) is 0 Å². The van der Waals surface area contributed by atoms with Crippen molar-refractivity contribution in [1.82, 2.24) is 14.9 Å². The molecule has 108 valence electrons. The first kappa shape index (κ1) is 14.8. The molecule has 1 N–H and O–H groups in total. The molecule has 3 nitrogen and oxygen atoms in total. The molecule has 3 heteroatoms. The van der Waals surface area contributed by atoms with E-state index in [-0.39, 0.29) is 0 Å². The Morgan fingerprint density at radius 3 is 2.60 bits per heavy atom. The van der Waals surface area contributed by atoms with Crippen LogP contribution in [0, 0.1) is 19.8 Å². The van der Waals surface area contributed by atoms with E-state index in [0.29, 0.717) is 5.92 Å². The Morgan fingerprint density at radius 2 is 1.95 bits per heavy atom. The molecule has 0 spiro atoms. The van der Waals surface area contributed by atoms with Gasteiger partial charge in [0, 0.05) is 18.8 Å². The van der Waals surface area contributed by atoms with Gasteiger partial charge in [-0.1, -0.05) is 38.1 Å². The highest BCUT2D eigenvalue weighted by molar-refractivity contribution is 5.24. The Bertz CT molecular complexity index is 555. The van der Waals surface area contributed by atoms with Crippen molar-refractivity contribution in [3.8, 4) is 0 Å². The summed E-state index contributed by atoms with van der Waals surface area (Å²) in [6.07, 6.45) is 1.92. The van der Waals surface area contributed by atoms with E-state index in [1.54, 1.807) is 0 Å². The highest BCUT2D eigenvalue weighted by Gasteiger charge is 2.03. The van der Waals surface area contributed by atoms with Crippen LogP contribution in [-0.2, 0) is 13.1 Å². The maximum atomic E-state index is 4.35. The van der Waals surface area contributed by atoms with Crippen molar-refractivity contribution in [2.24, 2.45) is 5.92 Å². The first-order valence-corrected chi connectivity index (χ1v) is 7.33. The fourth-order valence-electron chi connectivity index (χ4n) is 2.24. The van der Waals surface area contributed by atoms with Crippen molar-refractivity contribution in [3.05, 3.63) is 53.1 Å². The highest BCUT2D eigenvalue weighted by atomic mass is 15.0. The molecular formula is C17H25N3. The molecule has 20 heavy (non-hydrogen) atoms. The molecule has 2 aromatic rings. The van der Waals surface area contributed by atoms with E-state index < -0.39 is 0 Å². The third kappa shape index (κ3) is 3.94. The number of aryl methyl sites for hydroxylation is 1. The molecule has 0 saturated carbocycles. The van der Waals surface area contributed by atoms with Crippen molar-refractivity contribution in [2.45, 2.75) is 40.8 Å². The second kappa shape index (κ2) is 6.71. The smallest absolute Gasteiger partial charge is 0.0954 e. The summed E-state index contributed by atoms with van der Waals surface area (Å²) in [5.74, 6) is 0.690. The fraction of sp³-hybridized carbons (Fsp3) is 0.471. The molecule has 0 bridgehead atoms. The van der Waals surface area contributed by atoms with Gasteiger partial charge in [-0.05, 0) is 37.4 Å². The summed E-state index contributed by atoms with van der Waals surface area (Å²) < 4.78 is 2.20. The van der Waals surface area contributed by atoms with Crippen LogP contribution in [0.1, 0.15) is 36.4 Å². The summed E-state index contributed by atoms with van der Waals surface area (Å²) in [6.45, 7) is 11.5. The quantitative estimate of drug-likeness (QED) is 0.873. The lowest BCUT2D eigenvalue weighted by atomic mass is 10.1. The van der Waals surface area contributed by atoms with Gasteiger partial charge in [0.05, 0.1) is 12.0 Å². The Hall–Kier alpha value is -1.61. The average molecular weight is 271 g/mol. The van der Waals surface area contributed by atoms with E-state index in [9.17, 15) is 0 Å². The average Bonchev–Trinajstić information content (AvgIpc) is 2.71. The van der Waals surface area contributed by atoms with Gasteiger partial charge >= 0.3 is 0 Å². The van der Waals surface area contributed by atoms with Gasteiger partial charge in [-0.25, -0.2) is 4.98 Å². The number of aromatic nitrogens is 2. The molecule has 1 aromatic carbocycles. The molecule has 0 atom stereocenters. The Kier molecular flexibility index (Phi) is 4.96. The second-order valence-electron chi connectivity index (χ2n) is 5.89. The monoisotopic (exact) mass is 271 g/mol. The van der Waals surface area contributed by atoms with E-state index in [1.807, 2.05) is 6.33 Å². The van der Waals surface area contributed by atoms with Crippen LogP contribution in [-0.4, -0.2) is 16.1 Å². The topological polar surface area (TPSA) is 29.9 Å². The lowest BCUT2D eigenvalue weighted by molar-refractivity contribution is 0.552. The molecule has 1 heterocycles. The number of benzene rings is 1. The minimum absolute atomic E-state index is 0.690. The third-order valence-electron chi connectivity index (χ3n) is 3.57. The van der Waals surface area contributed by atoms with Crippen molar-refractivity contribution >= 4 is 0 Å². The van der Waals surface area contributed by atoms with Crippen LogP contribution in [0.4, 0.5) is 0 Å². The molecule has 1 aromatic heterocycles. The number of hydrogen-bond acceptors (Lipinski definition) is 2. The molecule has 2 rings (SSSR count). The van der Waals surface area contributed by atoms with Crippen LogP contribution < -0.4 is 5.32 Å². The van der Waals surface area contributed by atoms with Gasteiger partial charge in [0.15, 0.2) is 0 Å². The summed E-state index contributed by atoms with van der Waals surface area (Å²) in [6, 6.07) is 8.78. The minimum Gasteiger partial charge on any atom is -0.330 e. The molecule has 0 aliphatic rings. The lowest BCUT2D eigenvalue weighted by Crippen LogP contribution is -2.19. The molecule has 0 unspecified atom stereocenters. The van der Waals surface area contributed by atoms with Gasteiger partial charge in [-0.3, -0.25) is 0 Å². The van der Waals surface area contributed by atoms with E-state index in [2.05, 4.69) is 66.8 Å². The number of nitrogens with zero attached hydrogens (tertiary/aromatic N) is 2. The van der Waals surface area contributed by atoms with Crippen molar-refractivity contribution in [2.75, 3.05) is 6.54 Å². The number of rotatable bonds is 6. The van der Waals surface area contributed by atoms with Crippen LogP contribution in [0.15, 0.2) is 30.6 Å². The van der Waals surface area contributed by atoms with Crippen LogP contribution in [0.3, 0.4) is 0 Å². The van der Waals surface area contributed by atoms with Gasteiger partial charge in [0.25, 0.3) is 0 Å². The molecule has 0 aliphatic heterocycles. The summed E-state index contributed by atoms with van der Waals surface area (Å²) in [7, 11) is 0. The van der Waals surface area contributed by atoms with Gasteiger partial charge in [0.2, 0.25) is 0 Å². The molecule has 0 radical (unpaired) electrons. The van der Waals surface area contributed by atoms with Gasteiger partial charge in [-0.2, -0.15) is 0 Å². The largest absolute Gasteiger partial charge is 0.330 e. The van der Waals surface area contributed by atoms with Crippen molar-refractivity contribution in [1.29, 1.82) is 0 Å². The SMILES string of the molecule is Cc1ncn(Cc2cccc(CNCC(C)C)c2)c1C. The van der Waals surface area contributed by atoms with E-state index in [0.717, 1.165) is 25.3 Å². The zero-order valence-corrected chi connectivity index (χ0v) is 13.0. The standard InChI is InChI=1S/C17H25N3/c1-13(2)9-18-10-16-6-5-7-17(8-16)11-20-12-19-14(3)15(20)4/h5-8,12-13,18H,9-11H2,1-4H3. The number of nitrogens with one attached hydrogen (secondary N) is 1. The Balaban J connectivity index is 2.00. The fourth-order valence-corrected chi connectivity index (χ4v) is 2.24. The number of imidazole rings is 1. The number of hydrogen-bond donors (Lipinski definition) is 1. The van der Waals surface area contributed by atoms with Crippen LogP contribution in [0.2, 0.25) is 0 Å². The first-order chi connectivity index (χ1) is 9.56. The summed E-state index contributed by atoms with van der Waals surface area (Å²) in [4.78, 5) is 4.35. The Labute approximate surface area is 122 Å². The van der Waals surface area contributed by atoms with E-state index in [1.165, 1.54) is 16.8 Å². The van der Waals surface area contributed by atoms with Gasteiger partial charge in [-0.15, -0.1) is 0 Å². The molecule has 0 saturated heterocycles. The van der Waals surface area contributed by atoms with Gasteiger partial charge < -0.3 is 9.88 Å². The molecule has 0 fully saturated rings. The predicted molar refractivity (Wildman–Crippen MR) is 83.8 cm³/mol. The lowest BCUT2D eigenvalue weighted by Gasteiger charge is -2.10. The maximum absolute atomic E-state index is 4.35. The van der Waals surface area contributed by atoms with E-state index in [4.69, 9.17) is 0 Å². The zero-order valence-electron chi connectivity index (χ0n) is 13.0. The predicted octanol–water partition coefficient (Wildman–Crippen LogP) is 3.29. The maximum Gasteiger partial charge on any atom is 0.0954 e. The molecule has 0 aliphatic carbocycles. The summed E-state index contributed by atoms with van der Waals surface area (Å²) >= 11 is 0. The van der Waals surface area contributed by atoms with Crippen molar-refractivity contribution in [3.63, 3.8) is 0 Å². The molecular weight excluding hydrogens is 246 g/mol. The van der Waals surface area contributed by atoms with Crippen LogP contribution in [0.25, 0.3) is 0 Å². The summed E-state index contributed by atoms with van der Waals surface area (Å²) in [5.41, 5.74) is 5.03. The third-order valence-corrected chi connectivity index (χ3v) is 3.57. The van der Waals surface area contributed by atoms with Crippen LogP contribution >= 0.6 is 0 Å². The minimum atomic E-state index is 0.690. The highest BCUT2D eigenvalue weighted by Crippen LogP contribution is 2.11. The van der Waals surface area contributed by atoms with E-state index >= 15 is 0 Å². The van der Waals surface area contributed by atoms with Crippen LogP contribution in [0.5, 0.6) is 0 Å². The van der Waals surface area contributed by atoms with Crippen molar-refractivity contribution < 1.29 is 0 Å². The second-order valence-corrected chi connectivity index (χ2v) is 5.89. The Morgan fingerprint density at radius 1 is 1.20 bits per heavy atom. The zero-order chi connectivity index (χ0) is 14.5. The first-order valence-electron chi connectivity index (χ1n) is 7.33.